The van der Waals surface area contributed by atoms with Gasteiger partial charge in [0, 0.05) is 24.2 Å². The van der Waals surface area contributed by atoms with Crippen LogP contribution in [0.1, 0.15) is 28.8 Å². The van der Waals surface area contributed by atoms with E-state index in [-0.39, 0.29) is 34.6 Å². The Labute approximate surface area is 142 Å². The predicted molar refractivity (Wildman–Crippen MR) is 85.7 cm³/mol. The summed E-state index contributed by atoms with van der Waals surface area (Å²) in [7, 11) is 0. The molecule has 0 radical (unpaired) electrons. The molecule has 2 aromatic rings. The minimum atomic E-state index is -0.666. The van der Waals surface area contributed by atoms with Crippen molar-refractivity contribution in [3.8, 4) is 0 Å². The van der Waals surface area contributed by atoms with Gasteiger partial charge in [-0.2, -0.15) is 0 Å². The van der Waals surface area contributed by atoms with Crippen molar-refractivity contribution < 1.29 is 13.6 Å². The van der Waals surface area contributed by atoms with Gasteiger partial charge in [0.2, 0.25) is 0 Å². The number of carbonyl (C=O) groups is 1. The predicted octanol–water partition coefficient (Wildman–Crippen LogP) is 5.08. The SMILES string of the molecule is O=C(c1cccc(Cl)c1Cl)N(Cc1ccc(F)cc1F)C1CC1. The lowest BCUT2D eigenvalue weighted by Gasteiger charge is -2.23. The summed E-state index contributed by atoms with van der Waals surface area (Å²) in [6.07, 6.45) is 1.71. The Kier molecular flexibility index (Phi) is 4.55. The Morgan fingerprint density at radius 3 is 2.57 bits per heavy atom. The van der Waals surface area contributed by atoms with Gasteiger partial charge in [-0.25, -0.2) is 8.78 Å². The van der Waals surface area contributed by atoms with E-state index >= 15 is 0 Å². The first-order valence-corrected chi connectivity index (χ1v) is 7.92. The van der Waals surface area contributed by atoms with Gasteiger partial charge in [-0.1, -0.05) is 35.3 Å². The Morgan fingerprint density at radius 2 is 1.91 bits per heavy atom. The van der Waals surface area contributed by atoms with Gasteiger partial charge >= 0.3 is 0 Å². The summed E-state index contributed by atoms with van der Waals surface area (Å²) in [6.45, 7) is 0.0679. The largest absolute Gasteiger partial charge is 0.331 e. The Hall–Kier alpha value is -1.65. The van der Waals surface area contributed by atoms with Gasteiger partial charge in [0.1, 0.15) is 11.6 Å². The fourth-order valence-electron chi connectivity index (χ4n) is 2.41. The van der Waals surface area contributed by atoms with E-state index in [9.17, 15) is 13.6 Å². The van der Waals surface area contributed by atoms with Crippen LogP contribution in [-0.2, 0) is 6.54 Å². The van der Waals surface area contributed by atoms with Crippen LogP contribution >= 0.6 is 23.2 Å². The zero-order valence-electron chi connectivity index (χ0n) is 12.0. The van der Waals surface area contributed by atoms with Crippen molar-refractivity contribution in [3.05, 3.63) is 69.2 Å². The van der Waals surface area contributed by atoms with Crippen molar-refractivity contribution >= 4 is 29.1 Å². The van der Waals surface area contributed by atoms with Crippen LogP contribution < -0.4 is 0 Å². The van der Waals surface area contributed by atoms with Gasteiger partial charge in [0.15, 0.2) is 0 Å². The number of halogens is 4. The second kappa shape index (κ2) is 6.46. The number of benzene rings is 2. The summed E-state index contributed by atoms with van der Waals surface area (Å²) in [5.41, 5.74) is 0.554. The molecular formula is C17H13Cl2F2NO. The molecule has 2 aromatic carbocycles. The Morgan fingerprint density at radius 1 is 1.17 bits per heavy atom. The van der Waals surface area contributed by atoms with Crippen LogP contribution in [-0.4, -0.2) is 16.8 Å². The lowest BCUT2D eigenvalue weighted by atomic mass is 10.1. The van der Waals surface area contributed by atoms with E-state index in [0.717, 1.165) is 18.9 Å². The third-order valence-electron chi connectivity index (χ3n) is 3.79. The van der Waals surface area contributed by atoms with E-state index in [2.05, 4.69) is 0 Å². The van der Waals surface area contributed by atoms with E-state index < -0.39 is 11.6 Å². The average Bonchev–Trinajstić information content (AvgIpc) is 3.33. The molecule has 120 valence electrons. The molecule has 1 saturated carbocycles. The van der Waals surface area contributed by atoms with E-state index in [1.165, 1.54) is 12.1 Å². The molecule has 6 heteroatoms. The minimum Gasteiger partial charge on any atom is -0.331 e. The molecular weight excluding hydrogens is 343 g/mol. The van der Waals surface area contributed by atoms with E-state index in [4.69, 9.17) is 23.2 Å². The maximum Gasteiger partial charge on any atom is 0.255 e. The number of hydrogen-bond donors (Lipinski definition) is 0. The van der Waals surface area contributed by atoms with Gasteiger partial charge in [0.25, 0.3) is 5.91 Å². The van der Waals surface area contributed by atoms with Crippen LogP contribution in [0.3, 0.4) is 0 Å². The maximum atomic E-state index is 13.9. The number of rotatable bonds is 4. The highest BCUT2D eigenvalue weighted by Crippen LogP contribution is 2.33. The normalized spacial score (nSPS) is 13.9. The summed E-state index contributed by atoms with van der Waals surface area (Å²) < 4.78 is 26.9. The van der Waals surface area contributed by atoms with Crippen molar-refractivity contribution in [2.75, 3.05) is 0 Å². The van der Waals surface area contributed by atoms with Crippen molar-refractivity contribution in [1.82, 2.24) is 4.90 Å². The molecule has 1 amide bonds. The first-order chi connectivity index (χ1) is 11.0. The molecule has 2 nitrogen and oxygen atoms in total. The van der Waals surface area contributed by atoms with Crippen molar-refractivity contribution in [1.29, 1.82) is 0 Å². The van der Waals surface area contributed by atoms with Gasteiger partial charge in [-0.15, -0.1) is 0 Å². The number of hydrogen-bond acceptors (Lipinski definition) is 1. The molecule has 0 aliphatic heterocycles. The van der Waals surface area contributed by atoms with Gasteiger partial charge in [-0.05, 0) is 31.0 Å². The highest BCUT2D eigenvalue weighted by molar-refractivity contribution is 6.43. The molecule has 1 aliphatic carbocycles. The highest BCUT2D eigenvalue weighted by Gasteiger charge is 2.34. The molecule has 3 rings (SSSR count). The molecule has 0 bridgehead atoms. The van der Waals surface area contributed by atoms with Crippen LogP contribution in [0.25, 0.3) is 0 Å². The lowest BCUT2D eigenvalue weighted by Crippen LogP contribution is -2.33. The monoisotopic (exact) mass is 355 g/mol. The summed E-state index contributed by atoms with van der Waals surface area (Å²) in [4.78, 5) is 14.3. The summed E-state index contributed by atoms with van der Waals surface area (Å²) in [6, 6.07) is 8.23. The zero-order chi connectivity index (χ0) is 16.6. The molecule has 0 saturated heterocycles. The third kappa shape index (κ3) is 3.48. The molecule has 0 N–H and O–H groups in total. The second-order valence-corrected chi connectivity index (χ2v) is 6.29. The maximum absolute atomic E-state index is 13.9. The Balaban J connectivity index is 1.90. The average molecular weight is 356 g/mol. The Bertz CT molecular complexity index is 762. The summed E-state index contributed by atoms with van der Waals surface area (Å²) in [5.74, 6) is -1.61. The first-order valence-electron chi connectivity index (χ1n) is 7.16. The van der Waals surface area contributed by atoms with E-state index in [1.54, 1.807) is 23.1 Å². The van der Waals surface area contributed by atoms with Crippen LogP contribution in [0.4, 0.5) is 8.78 Å². The quantitative estimate of drug-likeness (QED) is 0.749. The van der Waals surface area contributed by atoms with Crippen molar-refractivity contribution in [2.45, 2.75) is 25.4 Å². The fourth-order valence-corrected chi connectivity index (χ4v) is 2.79. The smallest absolute Gasteiger partial charge is 0.255 e. The summed E-state index contributed by atoms with van der Waals surface area (Å²) in [5, 5.41) is 0.477. The van der Waals surface area contributed by atoms with E-state index in [1.807, 2.05) is 0 Å². The van der Waals surface area contributed by atoms with Gasteiger partial charge < -0.3 is 4.90 Å². The molecule has 0 unspecified atom stereocenters. The summed E-state index contributed by atoms with van der Waals surface area (Å²) >= 11 is 12.1. The van der Waals surface area contributed by atoms with Gasteiger partial charge in [-0.3, -0.25) is 4.79 Å². The number of amides is 1. The molecule has 1 fully saturated rings. The number of nitrogens with zero attached hydrogens (tertiary/aromatic N) is 1. The lowest BCUT2D eigenvalue weighted by molar-refractivity contribution is 0.0728. The standard InChI is InChI=1S/C17H13Cl2F2NO/c18-14-3-1-2-13(16(14)19)17(23)22(12-6-7-12)9-10-4-5-11(20)8-15(10)21/h1-5,8,12H,6-7,9H2. The van der Waals surface area contributed by atoms with E-state index in [0.29, 0.717) is 5.02 Å². The topological polar surface area (TPSA) is 20.3 Å². The molecule has 1 aliphatic rings. The molecule has 0 atom stereocenters. The fraction of sp³-hybridized carbons (Fsp3) is 0.235. The molecule has 23 heavy (non-hydrogen) atoms. The highest BCUT2D eigenvalue weighted by atomic mass is 35.5. The van der Waals surface area contributed by atoms with Gasteiger partial charge in [0.05, 0.1) is 15.6 Å². The molecule has 0 heterocycles. The van der Waals surface area contributed by atoms with Crippen LogP contribution in [0.5, 0.6) is 0 Å². The molecule has 0 spiro atoms. The zero-order valence-corrected chi connectivity index (χ0v) is 13.5. The third-order valence-corrected chi connectivity index (χ3v) is 4.61. The van der Waals surface area contributed by atoms with Crippen LogP contribution in [0.15, 0.2) is 36.4 Å². The number of carbonyl (C=O) groups excluding carboxylic acids is 1. The van der Waals surface area contributed by atoms with Crippen LogP contribution in [0.2, 0.25) is 10.0 Å². The van der Waals surface area contributed by atoms with Crippen molar-refractivity contribution in [3.63, 3.8) is 0 Å². The second-order valence-electron chi connectivity index (χ2n) is 5.50. The minimum absolute atomic E-state index is 0.0435. The van der Waals surface area contributed by atoms with Crippen molar-refractivity contribution in [2.24, 2.45) is 0 Å². The molecule has 0 aromatic heterocycles. The van der Waals surface area contributed by atoms with Crippen LogP contribution in [0, 0.1) is 11.6 Å². The first kappa shape index (κ1) is 16.2.